The van der Waals surface area contributed by atoms with Gasteiger partial charge in [0.05, 0.1) is 23.1 Å². The van der Waals surface area contributed by atoms with Gasteiger partial charge in [-0.1, -0.05) is 16.8 Å². The third-order valence-electron chi connectivity index (χ3n) is 4.06. The molecule has 1 aliphatic rings. The standard InChI is InChI=1S/C15H20ClN5OS.ClH/c1-2-20(9-12-3-4-14(16)23-12)15(22)13-10-21(19-18-13)11-5-7-17-8-6-11;/h3-4,10-11,17H,2,5-9H2,1H3;1H. The number of rotatable bonds is 5. The first-order valence-electron chi connectivity index (χ1n) is 7.83. The van der Waals surface area contributed by atoms with Crippen molar-refractivity contribution >= 4 is 41.3 Å². The highest BCUT2D eigenvalue weighted by atomic mass is 35.5. The Morgan fingerprint density at radius 3 is 2.83 bits per heavy atom. The zero-order valence-electron chi connectivity index (χ0n) is 13.4. The summed E-state index contributed by atoms with van der Waals surface area (Å²) in [4.78, 5) is 15.5. The van der Waals surface area contributed by atoms with Gasteiger partial charge in [-0.25, -0.2) is 4.68 Å². The van der Waals surface area contributed by atoms with Crippen LogP contribution in [0.1, 0.15) is 41.2 Å². The van der Waals surface area contributed by atoms with Crippen LogP contribution in [0, 0.1) is 0 Å². The highest BCUT2D eigenvalue weighted by Crippen LogP contribution is 2.23. The largest absolute Gasteiger partial charge is 0.332 e. The SMILES string of the molecule is CCN(Cc1ccc(Cl)s1)C(=O)c1cn(C2CCNCC2)nn1.Cl. The van der Waals surface area contributed by atoms with Crippen molar-refractivity contribution in [2.75, 3.05) is 19.6 Å². The topological polar surface area (TPSA) is 63.1 Å². The predicted molar refractivity (Wildman–Crippen MR) is 98.2 cm³/mol. The van der Waals surface area contributed by atoms with Crippen molar-refractivity contribution < 1.29 is 4.79 Å². The van der Waals surface area contributed by atoms with E-state index in [-0.39, 0.29) is 18.3 Å². The van der Waals surface area contributed by atoms with E-state index in [0.717, 1.165) is 35.1 Å². The number of thiophene rings is 1. The van der Waals surface area contributed by atoms with Gasteiger partial charge in [0, 0.05) is 11.4 Å². The molecule has 1 aliphatic heterocycles. The molecule has 0 aliphatic carbocycles. The lowest BCUT2D eigenvalue weighted by Gasteiger charge is -2.22. The molecule has 9 heteroatoms. The van der Waals surface area contributed by atoms with E-state index in [2.05, 4.69) is 15.6 Å². The molecule has 1 fully saturated rings. The smallest absolute Gasteiger partial charge is 0.276 e. The van der Waals surface area contributed by atoms with Gasteiger partial charge in [0.15, 0.2) is 5.69 Å². The Bertz CT molecular complexity index is 668. The first kappa shape index (κ1) is 19.2. The summed E-state index contributed by atoms with van der Waals surface area (Å²) >= 11 is 7.45. The van der Waals surface area contributed by atoms with Crippen molar-refractivity contribution in [3.8, 4) is 0 Å². The zero-order valence-corrected chi connectivity index (χ0v) is 15.8. The van der Waals surface area contributed by atoms with Crippen molar-refractivity contribution in [1.82, 2.24) is 25.2 Å². The molecule has 1 saturated heterocycles. The Hall–Kier alpha value is -1.15. The molecule has 1 amide bonds. The van der Waals surface area contributed by atoms with Crippen LogP contribution in [0.2, 0.25) is 4.34 Å². The van der Waals surface area contributed by atoms with Crippen LogP contribution in [0.15, 0.2) is 18.3 Å². The molecule has 24 heavy (non-hydrogen) atoms. The van der Waals surface area contributed by atoms with E-state index in [4.69, 9.17) is 11.6 Å². The van der Waals surface area contributed by atoms with E-state index in [1.807, 2.05) is 23.7 Å². The molecule has 0 bridgehead atoms. The van der Waals surface area contributed by atoms with Crippen LogP contribution < -0.4 is 5.32 Å². The summed E-state index contributed by atoms with van der Waals surface area (Å²) in [5, 5.41) is 11.6. The van der Waals surface area contributed by atoms with E-state index >= 15 is 0 Å². The lowest BCUT2D eigenvalue weighted by molar-refractivity contribution is 0.0748. The van der Waals surface area contributed by atoms with Gasteiger partial charge in [0.1, 0.15) is 0 Å². The summed E-state index contributed by atoms with van der Waals surface area (Å²) in [6.07, 6.45) is 3.81. The van der Waals surface area contributed by atoms with Crippen LogP contribution in [-0.4, -0.2) is 45.4 Å². The maximum absolute atomic E-state index is 12.7. The Labute approximate surface area is 156 Å². The third kappa shape index (κ3) is 4.47. The minimum absolute atomic E-state index is 0. The Kier molecular flexibility index (Phi) is 7.03. The molecule has 0 atom stereocenters. The van der Waals surface area contributed by atoms with Gasteiger partial charge in [0.25, 0.3) is 5.91 Å². The van der Waals surface area contributed by atoms with E-state index in [0.29, 0.717) is 24.8 Å². The van der Waals surface area contributed by atoms with Crippen LogP contribution in [0.3, 0.4) is 0 Å². The first-order valence-corrected chi connectivity index (χ1v) is 9.03. The van der Waals surface area contributed by atoms with Crippen molar-refractivity contribution in [2.24, 2.45) is 0 Å². The molecule has 1 N–H and O–H groups in total. The molecule has 0 spiro atoms. The lowest BCUT2D eigenvalue weighted by Crippen LogP contribution is -2.30. The van der Waals surface area contributed by atoms with Crippen molar-refractivity contribution in [3.63, 3.8) is 0 Å². The van der Waals surface area contributed by atoms with E-state index < -0.39 is 0 Å². The fraction of sp³-hybridized carbons (Fsp3) is 0.533. The number of hydrogen-bond acceptors (Lipinski definition) is 5. The summed E-state index contributed by atoms with van der Waals surface area (Å²) in [5.74, 6) is -0.0859. The average molecular weight is 390 g/mol. The van der Waals surface area contributed by atoms with Crippen LogP contribution >= 0.6 is 35.3 Å². The number of nitrogens with zero attached hydrogens (tertiary/aromatic N) is 4. The van der Waals surface area contributed by atoms with Crippen molar-refractivity contribution in [2.45, 2.75) is 32.4 Å². The van der Waals surface area contributed by atoms with Crippen molar-refractivity contribution in [1.29, 1.82) is 0 Å². The number of hydrogen-bond donors (Lipinski definition) is 1. The number of piperidine rings is 1. The highest BCUT2D eigenvalue weighted by molar-refractivity contribution is 7.16. The van der Waals surface area contributed by atoms with Crippen LogP contribution in [0.4, 0.5) is 0 Å². The van der Waals surface area contributed by atoms with Gasteiger partial charge < -0.3 is 10.2 Å². The Balaban J connectivity index is 0.00000208. The second-order valence-electron chi connectivity index (χ2n) is 5.59. The molecule has 3 heterocycles. The molecule has 0 aromatic carbocycles. The Morgan fingerprint density at radius 2 is 2.21 bits per heavy atom. The summed E-state index contributed by atoms with van der Waals surface area (Å²) in [7, 11) is 0. The number of carbonyl (C=O) groups is 1. The molecule has 0 unspecified atom stereocenters. The summed E-state index contributed by atoms with van der Waals surface area (Å²) in [5.41, 5.74) is 0.410. The van der Waals surface area contributed by atoms with E-state index in [9.17, 15) is 4.79 Å². The molecule has 2 aromatic heterocycles. The normalized spacial score (nSPS) is 15.1. The molecule has 3 rings (SSSR count). The van der Waals surface area contributed by atoms with Gasteiger partial charge in [0.2, 0.25) is 0 Å². The van der Waals surface area contributed by atoms with E-state index in [1.54, 1.807) is 11.1 Å². The molecule has 0 saturated carbocycles. The number of aromatic nitrogens is 3. The number of amides is 1. The van der Waals surface area contributed by atoms with Crippen molar-refractivity contribution in [3.05, 3.63) is 33.2 Å². The van der Waals surface area contributed by atoms with Gasteiger partial charge >= 0.3 is 0 Å². The van der Waals surface area contributed by atoms with Gasteiger partial charge in [-0.15, -0.1) is 28.8 Å². The summed E-state index contributed by atoms with van der Waals surface area (Å²) in [6, 6.07) is 4.14. The maximum Gasteiger partial charge on any atom is 0.276 e. The quantitative estimate of drug-likeness (QED) is 0.853. The highest BCUT2D eigenvalue weighted by Gasteiger charge is 2.22. The molecular formula is C15H21Cl2N5OS. The van der Waals surface area contributed by atoms with E-state index in [1.165, 1.54) is 11.3 Å². The number of nitrogens with one attached hydrogen (secondary N) is 1. The van der Waals surface area contributed by atoms with Crippen LogP contribution in [-0.2, 0) is 6.54 Å². The molecule has 132 valence electrons. The van der Waals surface area contributed by atoms with Gasteiger partial charge in [-0.3, -0.25) is 4.79 Å². The molecule has 6 nitrogen and oxygen atoms in total. The molecule has 2 aromatic rings. The molecule has 0 radical (unpaired) electrons. The average Bonchev–Trinajstić information content (AvgIpc) is 3.22. The second-order valence-corrected chi connectivity index (χ2v) is 7.39. The fourth-order valence-corrected chi connectivity index (χ4v) is 3.84. The molecular weight excluding hydrogens is 369 g/mol. The predicted octanol–water partition coefficient (Wildman–Crippen LogP) is 3.00. The van der Waals surface area contributed by atoms with Crippen LogP contribution in [0.25, 0.3) is 0 Å². The number of halogens is 2. The second kappa shape index (κ2) is 8.80. The lowest BCUT2D eigenvalue weighted by atomic mass is 10.1. The Morgan fingerprint density at radius 1 is 1.46 bits per heavy atom. The van der Waals surface area contributed by atoms with Gasteiger partial charge in [-0.2, -0.15) is 0 Å². The summed E-state index contributed by atoms with van der Waals surface area (Å²) in [6.45, 7) is 5.09. The minimum atomic E-state index is -0.0859. The zero-order chi connectivity index (χ0) is 16.2. The minimum Gasteiger partial charge on any atom is -0.332 e. The van der Waals surface area contributed by atoms with Gasteiger partial charge in [-0.05, 0) is 45.0 Å². The fourth-order valence-electron chi connectivity index (χ4n) is 2.74. The maximum atomic E-state index is 12.7. The summed E-state index contributed by atoms with van der Waals surface area (Å²) < 4.78 is 2.57. The monoisotopic (exact) mass is 389 g/mol. The van der Waals surface area contributed by atoms with Crippen LogP contribution in [0.5, 0.6) is 0 Å². The number of carbonyl (C=O) groups excluding carboxylic acids is 1. The first-order chi connectivity index (χ1) is 11.2. The third-order valence-corrected chi connectivity index (χ3v) is 5.27.